The van der Waals surface area contributed by atoms with Gasteiger partial charge in [0.05, 0.1) is 17.3 Å². The van der Waals surface area contributed by atoms with Crippen molar-refractivity contribution in [3.8, 4) is 5.69 Å². The Morgan fingerprint density at radius 2 is 1.71 bits per heavy atom. The summed E-state index contributed by atoms with van der Waals surface area (Å²) in [5, 5.41) is 6.31. The van der Waals surface area contributed by atoms with Gasteiger partial charge in [0, 0.05) is 44.0 Å². The molecule has 3 heterocycles. The number of benzene rings is 1. The molecule has 0 atom stereocenters. The maximum atomic E-state index is 13.1. The number of amides is 1. The van der Waals surface area contributed by atoms with Crippen LogP contribution in [0.2, 0.25) is 5.02 Å². The molecule has 0 unspecified atom stereocenters. The molecule has 1 aliphatic heterocycles. The predicted octanol–water partition coefficient (Wildman–Crippen LogP) is 8.02. The van der Waals surface area contributed by atoms with Crippen molar-refractivity contribution in [2.45, 2.75) is 104 Å². The van der Waals surface area contributed by atoms with Gasteiger partial charge in [0.25, 0.3) is 0 Å². The molecule has 3 aromatic rings. The second-order valence-corrected chi connectivity index (χ2v) is 12.4. The molecule has 224 valence electrons. The van der Waals surface area contributed by atoms with Crippen molar-refractivity contribution >= 4 is 34.4 Å². The Hall–Kier alpha value is -2.67. The van der Waals surface area contributed by atoms with Gasteiger partial charge in [0.15, 0.2) is 5.65 Å². The molecule has 0 bridgehead atoms. The Bertz CT molecular complexity index is 1240. The molecule has 2 aromatic heterocycles. The quantitative estimate of drug-likeness (QED) is 0.170. The van der Waals surface area contributed by atoms with Crippen LogP contribution >= 0.6 is 11.6 Å². The summed E-state index contributed by atoms with van der Waals surface area (Å²) >= 11 is 6.30. The van der Waals surface area contributed by atoms with Crippen LogP contribution in [0.3, 0.4) is 0 Å². The molecular formula is C33H49ClN6O. The van der Waals surface area contributed by atoms with Gasteiger partial charge in [-0.25, -0.2) is 14.6 Å². The summed E-state index contributed by atoms with van der Waals surface area (Å²) in [5.74, 6) is 2.64. The van der Waals surface area contributed by atoms with Gasteiger partial charge in [-0.15, -0.1) is 0 Å². The van der Waals surface area contributed by atoms with Crippen LogP contribution in [-0.4, -0.2) is 56.7 Å². The van der Waals surface area contributed by atoms with E-state index in [0.29, 0.717) is 23.3 Å². The first-order valence-corrected chi connectivity index (χ1v) is 16.4. The second-order valence-electron chi connectivity index (χ2n) is 12.0. The number of hydrogen-bond acceptors (Lipinski definition) is 5. The summed E-state index contributed by atoms with van der Waals surface area (Å²) in [6.45, 7) is 9.88. The van der Waals surface area contributed by atoms with E-state index in [4.69, 9.17) is 26.7 Å². The third kappa shape index (κ3) is 9.16. The lowest BCUT2D eigenvalue weighted by atomic mass is 10.1. The van der Waals surface area contributed by atoms with Crippen molar-refractivity contribution in [1.29, 1.82) is 0 Å². The first-order chi connectivity index (χ1) is 20.0. The van der Waals surface area contributed by atoms with Crippen LogP contribution < -0.4 is 4.90 Å². The molecule has 0 N–H and O–H groups in total. The lowest BCUT2D eigenvalue weighted by Gasteiger charge is -2.24. The Morgan fingerprint density at radius 1 is 0.951 bits per heavy atom. The third-order valence-electron chi connectivity index (χ3n) is 8.10. The molecule has 1 aromatic carbocycles. The molecule has 8 heteroatoms. The number of hydrogen-bond donors (Lipinski definition) is 0. The minimum Gasteiger partial charge on any atom is -0.354 e. The number of aromatic nitrogens is 4. The second kappa shape index (κ2) is 16.1. The first kappa shape index (κ1) is 31.3. The number of carbonyl (C=O) groups excluding carboxylic acids is 1. The molecule has 4 rings (SSSR count). The molecule has 1 amide bonds. The Morgan fingerprint density at radius 3 is 2.44 bits per heavy atom. The molecule has 1 saturated heterocycles. The zero-order chi connectivity index (χ0) is 29.0. The van der Waals surface area contributed by atoms with Crippen molar-refractivity contribution in [1.82, 2.24) is 24.6 Å². The maximum absolute atomic E-state index is 13.1. The lowest BCUT2D eigenvalue weighted by molar-refractivity contribution is -0.131. The van der Waals surface area contributed by atoms with Gasteiger partial charge in [-0.2, -0.15) is 5.10 Å². The Kier molecular flexibility index (Phi) is 12.3. The van der Waals surface area contributed by atoms with Gasteiger partial charge in [0.1, 0.15) is 11.6 Å². The molecular weight excluding hydrogens is 532 g/mol. The molecule has 0 saturated carbocycles. The summed E-state index contributed by atoms with van der Waals surface area (Å²) in [7, 11) is 0. The number of anilines is 1. The molecule has 0 aliphatic carbocycles. The van der Waals surface area contributed by atoms with Gasteiger partial charge in [-0.1, -0.05) is 89.8 Å². The van der Waals surface area contributed by atoms with Crippen molar-refractivity contribution in [3.05, 3.63) is 41.3 Å². The number of halogens is 1. The third-order valence-corrected chi connectivity index (χ3v) is 8.33. The van der Waals surface area contributed by atoms with Crippen molar-refractivity contribution in [3.63, 3.8) is 0 Å². The van der Waals surface area contributed by atoms with Crippen LogP contribution in [0.1, 0.15) is 104 Å². The molecule has 1 aliphatic rings. The number of aryl methyl sites for hydroxylation is 1. The smallest absolute Gasteiger partial charge is 0.222 e. The fraction of sp³-hybridized carbons (Fsp3) is 0.636. The van der Waals surface area contributed by atoms with Crippen LogP contribution in [0, 0.1) is 5.92 Å². The van der Waals surface area contributed by atoms with E-state index in [1.165, 1.54) is 44.9 Å². The number of unbranched alkanes of at least 4 members (excludes halogenated alkanes) is 8. The van der Waals surface area contributed by atoms with Crippen LogP contribution in [-0.2, 0) is 11.2 Å². The number of nitrogens with zero attached hydrogens (tertiary/aromatic N) is 6. The van der Waals surface area contributed by atoms with Gasteiger partial charge in [-0.05, 0) is 43.4 Å². The SMILES string of the molecule is CCCCCCCCCCCC(=O)N1CCCN(c2nc(CCC(C)C)nc3c2cnn3-c2cccc(Cl)c2)CC1. The lowest BCUT2D eigenvalue weighted by Crippen LogP contribution is -2.35. The summed E-state index contributed by atoms with van der Waals surface area (Å²) in [6, 6.07) is 7.70. The van der Waals surface area contributed by atoms with Crippen LogP contribution in [0.5, 0.6) is 0 Å². The highest BCUT2D eigenvalue weighted by Gasteiger charge is 2.23. The van der Waals surface area contributed by atoms with Crippen LogP contribution in [0.4, 0.5) is 5.82 Å². The van der Waals surface area contributed by atoms with E-state index < -0.39 is 0 Å². The zero-order valence-corrected chi connectivity index (χ0v) is 26.2. The Labute approximate surface area is 251 Å². The van der Waals surface area contributed by atoms with Crippen LogP contribution in [0.25, 0.3) is 16.7 Å². The highest BCUT2D eigenvalue weighted by atomic mass is 35.5. The average molecular weight is 581 g/mol. The van der Waals surface area contributed by atoms with Crippen LogP contribution in [0.15, 0.2) is 30.5 Å². The summed E-state index contributed by atoms with van der Waals surface area (Å²) in [5.41, 5.74) is 1.69. The van der Waals surface area contributed by atoms with Crippen molar-refractivity contribution < 1.29 is 4.79 Å². The molecule has 0 spiro atoms. The van der Waals surface area contributed by atoms with Gasteiger partial charge < -0.3 is 9.80 Å². The number of fused-ring (bicyclic) bond motifs is 1. The standard InChI is InChI=1S/C33H49ClN6O/c1-4-5-6-7-8-9-10-11-12-17-31(41)38-20-14-21-39(23-22-38)32-29-25-35-40(28-16-13-15-27(34)24-28)33(29)37-30(36-32)19-18-26(2)3/h13,15-16,24-26H,4-12,14,17-23H2,1-3H3. The molecule has 41 heavy (non-hydrogen) atoms. The minimum absolute atomic E-state index is 0.300. The van der Waals surface area contributed by atoms with Gasteiger partial charge in [0.2, 0.25) is 5.91 Å². The largest absolute Gasteiger partial charge is 0.354 e. The normalized spacial score (nSPS) is 14.3. The van der Waals surface area contributed by atoms with E-state index in [1.54, 1.807) is 0 Å². The molecule has 7 nitrogen and oxygen atoms in total. The summed E-state index contributed by atoms with van der Waals surface area (Å²) in [4.78, 5) is 27.5. The summed E-state index contributed by atoms with van der Waals surface area (Å²) < 4.78 is 1.87. The van der Waals surface area contributed by atoms with E-state index in [0.717, 1.165) is 86.6 Å². The number of rotatable bonds is 15. The van der Waals surface area contributed by atoms with Gasteiger partial charge in [-0.3, -0.25) is 4.79 Å². The average Bonchev–Trinajstić information content (AvgIpc) is 3.23. The van der Waals surface area contributed by atoms with E-state index >= 15 is 0 Å². The minimum atomic E-state index is 0.300. The van der Waals surface area contributed by atoms with E-state index in [1.807, 2.05) is 35.1 Å². The highest BCUT2D eigenvalue weighted by molar-refractivity contribution is 6.30. The van der Waals surface area contributed by atoms with E-state index in [2.05, 4.69) is 30.6 Å². The van der Waals surface area contributed by atoms with Crippen molar-refractivity contribution in [2.75, 3.05) is 31.1 Å². The van der Waals surface area contributed by atoms with E-state index in [-0.39, 0.29) is 0 Å². The molecule has 0 radical (unpaired) electrons. The van der Waals surface area contributed by atoms with Gasteiger partial charge >= 0.3 is 0 Å². The highest BCUT2D eigenvalue weighted by Crippen LogP contribution is 2.28. The maximum Gasteiger partial charge on any atom is 0.222 e. The molecule has 1 fully saturated rings. The Balaban J connectivity index is 1.40. The summed E-state index contributed by atoms with van der Waals surface area (Å²) in [6.07, 6.45) is 16.7. The number of carbonyl (C=O) groups is 1. The predicted molar refractivity (Wildman–Crippen MR) is 170 cm³/mol. The first-order valence-electron chi connectivity index (χ1n) is 16.0. The van der Waals surface area contributed by atoms with E-state index in [9.17, 15) is 4.79 Å². The zero-order valence-electron chi connectivity index (χ0n) is 25.5. The fourth-order valence-corrected chi connectivity index (χ4v) is 5.81. The van der Waals surface area contributed by atoms with Crippen molar-refractivity contribution in [2.24, 2.45) is 5.92 Å². The monoisotopic (exact) mass is 580 g/mol. The fourth-order valence-electron chi connectivity index (χ4n) is 5.63. The topological polar surface area (TPSA) is 67.2 Å².